The van der Waals surface area contributed by atoms with Crippen LogP contribution in [0.15, 0.2) is 0 Å². The van der Waals surface area contributed by atoms with Gasteiger partial charge in [-0.25, -0.2) is 0 Å². The maximum Gasteiger partial charge on any atom is 0.00332 e. The molecule has 1 aliphatic rings. The van der Waals surface area contributed by atoms with Crippen molar-refractivity contribution in [2.24, 2.45) is 5.41 Å². The van der Waals surface area contributed by atoms with Crippen molar-refractivity contribution in [2.75, 3.05) is 25.4 Å². The second-order valence-corrected chi connectivity index (χ2v) is 5.07. The second-order valence-electron chi connectivity index (χ2n) is 4.62. The third-order valence-electron chi connectivity index (χ3n) is 2.64. The van der Waals surface area contributed by atoms with E-state index < -0.39 is 0 Å². The molecule has 0 amide bonds. The molecular formula is C10H21NS. The van der Waals surface area contributed by atoms with Crippen LogP contribution in [0.5, 0.6) is 0 Å². The normalized spacial score (nSPS) is 23.2. The van der Waals surface area contributed by atoms with Crippen LogP contribution in [0.1, 0.15) is 33.1 Å². The highest BCUT2D eigenvalue weighted by atomic mass is 32.1. The van der Waals surface area contributed by atoms with E-state index >= 15 is 0 Å². The fourth-order valence-corrected chi connectivity index (χ4v) is 2.09. The molecule has 0 saturated carbocycles. The molecule has 1 rings (SSSR count). The largest absolute Gasteiger partial charge is 0.303 e. The highest BCUT2D eigenvalue weighted by molar-refractivity contribution is 7.80. The molecule has 0 radical (unpaired) electrons. The monoisotopic (exact) mass is 187 g/mol. The van der Waals surface area contributed by atoms with Crippen LogP contribution in [-0.4, -0.2) is 30.3 Å². The summed E-state index contributed by atoms with van der Waals surface area (Å²) in [5.41, 5.74) is 0.570. The van der Waals surface area contributed by atoms with Gasteiger partial charge < -0.3 is 4.90 Å². The van der Waals surface area contributed by atoms with Crippen LogP contribution in [0.3, 0.4) is 0 Å². The Balaban J connectivity index is 2.11. The molecule has 0 aromatic heterocycles. The van der Waals surface area contributed by atoms with E-state index in [2.05, 4.69) is 31.4 Å². The minimum Gasteiger partial charge on any atom is -0.303 e. The number of hydrogen-bond acceptors (Lipinski definition) is 2. The molecule has 2 heteroatoms. The lowest BCUT2D eigenvalue weighted by atomic mass is 9.93. The van der Waals surface area contributed by atoms with E-state index in [0.29, 0.717) is 5.41 Å². The van der Waals surface area contributed by atoms with Crippen LogP contribution in [0, 0.1) is 5.41 Å². The third-order valence-corrected chi connectivity index (χ3v) is 2.96. The van der Waals surface area contributed by atoms with Crippen molar-refractivity contribution in [1.82, 2.24) is 4.90 Å². The van der Waals surface area contributed by atoms with Gasteiger partial charge in [-0.05, 0) is 43.5 Å². The van der Waals surface area contributed by atoms with Gasteiger partial charge in [-0.15, -0.1) is 0 Å². The van der Waals surface area contributed by atoms with Crippen molar-refractivity contribution in [3.63, 3.8) is 0 Å². The fourth-order valence-electron chi connectivity index (χ4n) is 1.86. The van der Waals surface area contributed by atoms with Crippen molar-refractivity contribution in [1.29, 1.82) is 0 Å². The molecule has 0 N–H and O–H groups in total. The molecule has 0 bridgehead atoms. The summed E-state index contributed by atoms with van der Waals surface area (Å²) in [5.74, 6) is 1.04. The molecule has 12 heavy (non-hydrogen) atoms. The first-order valence-electron chi connectivity index (χ1n) is 4.97. The molecule has 1 heterocycles. The standard InChI is InChI=1S/C10H21NS/c1-10(2)5-7-11(9-10)6-3-4-8-12/h12H,3-9H2,1-2H3. The quantitative estimate of drug-likeness (QED) is 0.522. The average molecular weight is 187 g/mol. The Morgan fingerprint density at radius 2 is 2.08 bits per heavy atom. The van der Waals surface area contributed by atoms with Crippen molar-refractivity contribution >= 4 is 12.6 Å². The number of unbranched alkanes of at least 4 members (excludes halogenated alkanes) is 1. The minimum atomic E-state index is 0.570. The van der Waals surface area contributed by atoms with Crippen molar-refractivity contribution in [3.05, 3.63) is 0 Å². The number of nitrogens with zero attached hydrogens (tertiary/aromatic N) is 1. The summed E-state index contributed by atoms with van der Waals surface area (Å²) in [6.45, 7) is 8.61. The molecule has 0 unspecified atom stereocenters. The van der Waals surface area contributed by atoms with Crippen LogP contribution in [0.2, 0.25) is 0 Å². The van der Waals surface area contributed by atoms with Crippen LogP contribution in [0.4, 0.5) is 0 Å². The summed E-state index contributed by atoms with van der Waals surface area (Å²) in [6, 6.07) is 0. The van der Waals surface area contributed by atoms with Gasteiger partial charge in [-0.2, -0.15) is 12.6 Å². The van der Waals surface area contributed by atoms with Gasteiger partial charge in [0.2, 0.25) is 0 Å². The van der Waals surface area contributed by atoms with Gasteiger partial charge in [0.05, 0.1) is 0 Å². The third kappa shape index (κ3) is 3.36. The molecule has 0 atom stereocenters. The van der Waals surface area contributed by atoms with Crippen LogP contribution in [-0.2, 0) is 0 Å². The van der Waals surface area contributed by atoms with Crippen LogP contribution >= 0.6 is 12.6 Å². The number of hydrogen-bond donors (Lipinski definition) is 1. The zero-order valence-corrected chi connectivity index (χ0v) is 9.24. The summed E-state index contributed by atoms with van der Waals surface area (Å²) >= 11 is 4.21. The molecule has 0 aliphatic carbocycles. The summed E-state index contributed by atoms with van der Waals surface area (Å²) in [6.07, 6.45) is 3.95. The molecule has 0 aromatic carbocycles. The van der Waals surface area contributed by atoms with Crippen molar-refractivity contribution in [3.8, 4) is 0 Å². The van der Waals surface area contributed by atoms with Gasteiger partial charge in [-0.3, -0.25) is 0 Å². The molecule has 1 fully saturated rings. The maximum atomic E-state index is 4.21. The van der Waals surface area contributed by atoms with Crippen molar-refractivity contribution < 1.29 is 0 Å². The molecule has 0 aromatic rings. The average Bonchev–Trinajstić information content (AvgIpc) is 2.31. The molecule has 1 saturated heterocycles. The smallest absolute Gasteiger partial charge is 0.00332 e. The zero-order valence-electron chi connectivity index (χ0n) is 8.34. The summed E-state index contributed by atoms with van der Waals surface area (Å²) in [4.78, 5) is 2.59. The Morgan fingerprint density at radius 3 is 2.58 bits per heavy atom. The summed E-state index contributed by atoms with van der Waals surface area (Å²) < 4.78 is 0. The lowest BCUT2D eigenvalue weighted by Crippen LogP contribution is -2.24. The van der Waals surface area contributed by atoms with Crippen LogP contribution < -0.4 is 0 Å². The zero-order chi connectivity index (χ0) is 9.03. The van der Waals surface area contributed by atoms with Gasteiger partial charge in [0.25, 0.3) is 0 Å². The Morgan fingerprint density at radius 1 is 1.33 bits per heavy atom. The first-order chi connectivity index (χ1) is 5.64. The van der Waals surface area contributed by atoms with E-state index in [4.69, 9.17) is 0 Å². The van der Waals surface area contributed by atoms with Gasteiger partial charge in [0.15, 0.2) is 0 Å². The van der Waals surface area contributed by atoms with Crippen LogP contribution in [0.25, 0.3) is 0 Å². The van der Waals surface area contributed by atoms with E-state index in [-0.39, 0.29) is 0 Å². The SMILES string of the molecule is CC1(C)CCN(CCCCS)C1. The predicted octanol–water partition coefficient (Wildman–Crippen LogP) is 2.43. The predicted molar refractivity (Wildman–Crippen MR) is 57.9 cm³/mol. The highest BCUT2D eigenvalue weighted by Crippen LogP contribution is 2.28. The van der Waals surface area contributed by atoms with E-state index in [0.717, 1.165) is 5.75 Å². The Bertz CT molecular complexity index is 134. The fraction of sp³-hybridized carbons (Fsp3) is 1.00. The summed E-state index contributed by atoms with van der Waals surface area (Å²) in [5, 5.41) is 0. The topological polar surface area (TPSA) is 3.24 Å². The molecule has 0 spiro atoms. The van der Waals surface area contributed by atoms with E-state index in [1.54, 1.807) is 0 Å². The lowest BCUT2D eigenvalue weighted by molar-refractivity contribution is 0.287. The first kappa shape index (κ1) is 10.4. The Kier molecular flexibility index (Phi) is 3.91. The first-order valence-corrected chi connectivity index (χ1v) is 5.60. The second kappa shape index (κ2) is 4.52. The van der Waals surface area contributed by atoms with E-state index in [1.807, 2.05) is 0 Å². The highest BCUT2D eigenvalue weighted by Gasteiger charge is 2.28. The summed E-state index contributed by atoms with van der Waals surface area (Å²) in [7, 11) is 0. The van der Waals surface area contributed by atoms with Gasteiger partial charge in [-0.1, -0.05) is 13.8 Å². The van der Waals surface area contributed by atoms with E-state index in [1.165, 1.54) is 38.9 Å². The maximum absolute atomic E-state index is 4.21. The molecular weight excluding hydrogens is 166 g/mol. The Labute approximate surface area is 81.9 Å². The number of likely N-dealkylation sites (tertiary alicyclic amines) is 1. The van der Waals surface area contributed by atoms with Crippen molar-refractivity contribution in [2.45, 2.75) is 33.1 Å². The van der Waals surface area contributed by atoms with E-state index in [9.17, 15) is 0 Å². The van der Waals surface area contributed by atoms with Gasteiger partial charge >= 0.3 is 0 Å². The minimum absolute atomic E-state index is 0.570. The number of thiol groups is 1. The van der Waals surface area contributed by atoms with Gasteiger partial charge in [0.1, 0.15) is 0 Å². The van der Waals surface area contributed by atoms with Gasteiger partial charge in [0, 0.05) is 6.54 Å². The molecule has 1 nitrogen and oxygen atoms in total. The molecule has 1 aliphatic heterocycles. The lowest BCUT2D eigenvalue weighted by Gasteiger charge is -2.19. The molecule has 72 valence electrons. The Hall–Kier alpha value is 0.310. The number of rotatable bonds is 4.